The Morgan fingerprint density at radius 1 is 1.15 bits per heavy atom. The van der Waals surface area contributed by atoms with Crippen molar-refractivity contribution in [3.63, 3.8) is 0 Å². The van der Waals surface area contributed by atoms with Gasteiger partial charge in [-0.2, -0.15) is 8.78 Å². The highest BCUT2D eigenvalue weighted by Crippen LogP contribution is 2.34. The molecule has 0 unspecified atom stereocenters. The maximum Gasteiger partial charge on any atom is 0.387 e. The van der Waals surface area contributed by atoms with Crippen molar-refractivity contribution in [3.05, 3.63) is 64.7 Å². The lowest BCUT2D eigenvalue weighted by Crippen LogP contribution is -2.23. The predicted octanol–water partition coefficient (Wildman–Crippen LogP) is 4.54. The average Bonchev–Trinajstić information content (AvgIpc) is 3.01. The lowest BCUT2D eigenvalue weighted by Gasteiger charge is -2.17. The van der Waals surface area contributed by atoms with E-state index in [9.17, 15) is 8.78 Å². The minimum atomic E-state index is -2.88. The normalized spacial score (nSPS) is 20.2. The molecular formula is C19H22Cl2F2N2O. The predicted molar refractivity (Wildman–Crippen MR) is 102 cm³/mol. The van der Waals surface area contributed by atoms with E-state index in [4.69, 9.17) is 17.3 Å². The van der Waals surface area contributed by atoms with E-state index in [1.807, 2.05) is 18.2 Å². The fourth-order valence-corrected chi connectivity index (χ4v) is 3.75. The van der Waals surface area contributed by atoms with Crippen LogP contribution >= 0.6 is 24.0 Å². The summed E-state index contributed by atoms with van der Waals surface area (Å²) in [6.45, 7) is 0.285. The Morgan fingerprint density at radius 3 is 2.50 bits per heavy atom. The molecule has 142 valence electrons. The van der Waals surface area contributed by atoms with Crippen molar-refractivity contribution in [2.45, 2.75) is 19.1 Å². The van der Waals surface area contributed by atoms with Crippen LogP contribution in [0.5, 0.6) is 5.75 Å². The first-order chi connectivity index (χ1) is 12.1. The molecule has 1 aliphatic rings. The molecule has 26 heavy (non-hydrogen) atoms. The van der Waals surface area contributed by atoms with Gasteiger partial charge < -0.3 is 10.5 Å². The number of nitrogens with two attached hydrogens (primary N) is 1. The van der Waals surface area contributed by atoms with Crippen LogP contribution in [0.25, 0.3) is 0 Å². The maximum absolute atomic E-state index is 12.3. The van der Waals surface area contributed by atoms with Crippen LogP contribution in [0.1, 0.15) is 17.0 Å². The lowest BCUT2D eigenvalue weighted by atomic mass is 9.89. The van der Waals surface area contributed by atoms with Crippen LogP contribution in [0.2, 0.25) is 5.02 Å². The van der Waals surface area contributed by atoms with Gasteiger partial charge in [0.1, 0.15) is 5.75 Å². The van der Waals surface area contributed by atoms with Gasteiger partial charge in [-0.25, -0.2) is 0 Å². The summed E-state index contributed by atoms with van der Waals surface area (Å²) in [5, 5.41) is 0.201. The van der Waals surface area contributed by atoms with E-state index in [0.29, 0.717) is 24.9 Å². The van der Waals surface area contributed by atoms with Crippen molar-refractivity contribution in [1.82, 2.24) is 4.90 Å². The second-order valence-corrected chi connectivity index (χ2v) is 6.76. The zero-order valence-corrected chi connectivity index (χ0v) is 15.7. The van der Waals surface area contributed by atoms with Crippen LogP contribution in [0.15, 0.2) is 48.5 Å². The third kappa shape index (κ3) is 5.07. The van der Waals surface area contributed by atoms with Crippen molar-refractivity contribution in [2.24, 2.45) is 11.7 Å². The van der Waals surface area contributed by atoms with E-state index >= 15 is 0 Å². The molecule has 2 atom stereocenters. The minimum absolute atomic E-state index is 0. The van der Waals surface area contributed by atoms with Gasteiger partial charge in [0.15, 0.2) is 0 Å². The molecule has 1 heterocycles. The van der Waals surface area contributed by atoms with E-state index in [-0.39, 0.29) is 23.2 Å². The van der Waals surface area contributed by atoms with Crippen molar-refractivity contribution in [1.29, 1.82) is 0 Å². The second-order valence-electron chi connectivity index (χ2n) is 6.35. The number of alkyl halides is 2. The fourth-order valence-electron chi connectivity index (χ4n) is 3.50. The average molecular weight is 403 g/mol. The lowest BCUT2D eigenvalue weighted by molar-refractivity contribution is -0.0498. The largest absolute Gasteiger partial charge is 0.433 e. The topological polar surface area (TPSA) is 38.5 Å². The molecule has 3 nitrogen and oxygen atoms in total. The van der Waals surface area contributed by atoms with Gasteiger partial charge in [0.05, 0.1) is 5.02 Å². The summed E-state index contributed by atoms with van der Waals surface area (Å²) in [6.07, 6.45) is 0. The molecule has 2 N–H and O–H groups in total. The summed E-state index contributed by atoms with van der Waals surface area (Å²) < 4.78 is 29.0. The Balaban J connectivity index is 0.00000243. The first-order valence-corrected chi connectivity index (χ1v) is 8.65. The molecular weight excluding hydrogens is 381 g/mol. The molecule has 2 aromatic rings. The highest BCUT2D eigenvalue weighted by atomic mass is 35.5. The van der Waals surface area contributed by atoms with Crippen molar-refractivity contribution < 1.29 is 13.5 Å². The number of rotatable bonds is 6. The zero-order chi connectivity index (χ0) is 17.8. The zero-order valence-electron chi connectivity index (χ0n) is 14.2. The third-order valence-corrected chi connectivity index (χ3v) is 4.96. The van der Waals surface area contributed by atoms with Gasteiger partial charge in [0.2, 0.25) is 0 Å². The van der Waals surface area contributed by atoms with Crippen LogP contribution in [-0.2, 0) is 6.54 Å². The first-order valence-electron chi connectivity index (χ1n) is 8.27. The van der Waals surface area contributed by atoms with Gasteiger partial charge in [-0.3, -0.25) is 4.90 Å². The molecule has 0 radical (unpaired) electrons. The minimum Gasteiger partial charge on any atom is -0.433 e. The summed E-state index contributed by atoms with van der Waals surface area (Å²) in [5.74, 6) is 0.811. The van der Waals surface area contributed by atoms with E-state index in [1.54, 1.807) is 12.1 Å². The van der Waals surface area contributed by atoms with Gasteiger partial charge in [-0.05, 0) is 35.7 Å². The summed E-state index contributed by atoms with van der Waals surface area (Å²) >= 11 is 6.04. The third-order valence-electron chi connectivity index (χ3n) is 4.67. The fraction of sp³-hybridized carbons (Fsp3) is 0.368. The molecule has 0 aliphatic carbocycles. The Hall–Kier alpha value is -1.40. The summed E-state index contributed by atoms with van der Waals surface area (Å²) in [4.78, 5) is 2.33. The molecule has 0 saturated carbocycles. The van der Waals surface area contributed by atoms with Crippen LogP contribution in [0, 0.1) is 5.92 Å². The van der Waals surface area contributed by atoms with Crippen LogP contribution in [-0.4, -0.2) is 31.1 Å². The van der Waals surface area contributed by atoms with E-state index < -0.39 is 6.61 Å². The molecule has 7 heteroatoms. The number of likely N-dealkylation sites (tertiary alicyclic amines) is 1. The monoisotopic (exact) mass is 402 g/mol. The first kappa shape index (κ1) is 20.9. The summed E-state index contributed by atoms with van der Waals surface area (Å²) in [5.41, 5.74) is 8.25. The maximum atomic E-state index is 12.3. The van der Waals surface area contributed by atoms with Crippen molar-refractivity contribution in [2.75, 3.05) is 19.6 Å². The van der Waals surface area contributed by atoms with E-state index in [1.165, 1.54) is 11.6 Å². The highest BCUT2D eigenvalue weighted by Gasteiger charge is 2.32. The standard InChI is InChI=1S/C19H21ClF2N2O.ClH/c20-17-8-13(6-7-18(17)25-19(21)22)10-24-11-15(9-23)16(12-24)14-4-2-1-3-5-14;/h1-8,15-16,19H,9-12,23H2;1H/t15-,16+;/m1./s1. The molecule has 0 bridgehead atoms. The molecule has 3 rings (SSSR count). The molecule has 0 spiro atoms. The number of nitrogens with zero attached hydrogens (tertiary/aromatic N) is 1. The highest BCUT2D eigenvalue weighted by molar-refractivity contribution is 6.32. The smallest absolute Gasteiger partial charge is 0.387 e. The number of halogens is 4. The Labute approximate surface area is 163 Å². The van der Waals surface area contributed by atoms with Crippen LogP contribution in [0.4, 0.5) is 8.78 Å². The van der Waals surface area contributed by atoms with Crippen LogP contribution in [0.3, 0.4) is 0 Å². The van der Waals surface area contributed by atoms with Gasteiger partial charge in [-0.1, -0.05) is 48.0 Å². The van der Waals surface area contributed by atoms with E-state index in [2.05, 4.69) is 21.8 Å². The van der Waals surface area contributed by atoms with Crippen molar-refractivity contribution in [3.8, 4) is 5.75 Å². The molecule has 2 aromatic carbocycles. The Bertz CT molecular complexity index is 703. The molecule has 0 aromatic heterocycles. The number of ether oxygens (including phenoxy) is 1. The molecule has 1 fully saturated rings. The Kier molecular flexibility index (Phi) is 7.65. The van der Waals surface area contributed by atoms with Gasteiger partial charge in [-0.15, -0.1) is 12.4 Å². The molecule has 0 amide bonds. The van der Waals surface area contributed by atoms with Gasteiger partial charge >= 0.3 is 6.61 Å². The van der Waals surface area contributed by atoms with E-state index in [0.717, 1.165) is 18.7 Å². The van der Waals surface area contributed by atoms with Crippen molar-refractivity contribution >= 4 is 24.0 Å². The number of hydrogen-bond acceptors (Lipinski definition) is 3. The molecule has 1 aliphatic heterocycles. The summed E-state index contributed by atoms with van der Waals surface area (Å²) in [7, 11) is 0. The Morgan fingerprint density at radius 2 is 1.88 bits per heavy atom. The second kappa shape index (κ2) is 9.51. The number of hydrogen-bond donors (Lipinski definition) is 1. The number of benzene rings is 2. The van der Waals surface area contributed by atoms with Gasteiger partial charge in [0, 0.05) is 25.6 Å². The van der Waals surface area contributed by atoms with Gasteiger partial charge in [0.25, 0.3) is 0 Å². The quantitative estimate of drug-likeness (QED) is 0.770. The van der Waals surface area contributed by atoms with Crippen LogP contribution < -0.4 is 10.5 Å². The SMILES string of the molecule is Cl.NC[C@@H]1CN(Cc2ccc(OC(F)F)c(Cl)c2)C[C@H]1c1ccccc1. The summed E-state index contributed by atoms with van der Waals surface area (Å²) in [6, 6.07) is 15.4. The molecule has 1 saturated heterocycles.